The average Bonchev–Trinajstić information content (AvgIpc) is 2.13. The molecule has 1 heterocycles. The molecule has 60 valence electrons. The van der Waals surface area contributed by atoms with Crippen molar-refractivity contribution in [3.05, 3.63) is 12.4 Å². The number of aliphatic imine (C=N–C) groups is 1. The van der Waals surface area contributed by atoms with Gasteiger partial charge in [-0.25, -0.2) is 0 Å². The molecule has 0 saturated heterocycles. The summed E-state index contributed by atoms with van der Waals surface area (Å²) < 4.78 is 0. The third-order valence-electron chi connectivity index (χ3n) is 1.53. The van der Waals surface area contributed by atoms with Crippen LogP contribution in [0.1, 0.15) is 20.3 Å². The van der Waals surface area contributed by atoms with Crippen LogP contribution in [0.3, 0.4) is 0 Å². The minimum Gasteiger partial charge on any atom is -0.315 e. The van der Waals surface area contributed by atoms with Crippen molar-refractivity contribution in [1.82, 2.24) is 4.90 Å². The van der Waals surface area contributed by atoms with E-state index < -0.39 is 0 Å². The Morgan fingerprint density at radius 2 is 2.36 bits per heavy atom. The van der Waals surface area contributed by atoms with Crippen LogP contribution in [0.2, 0.25) is 0 Å². The number of amides is 1. The Morgan fingerprint density at radius 3 is 3.00 bits per heavy atom. The maximum Gasteiger partial charge on any atom is 0.232 e. The maximum absolute atomic E-state index is 11.2. The minimum atomic E-state index is 0.109. The zero-order chi connectivity index (χ0) is 8.27. The molecular formula is C8H12N2O. The van der Waals surface area contributed by atoms with E-state index in [9.17, 15) is 4.79 Å². The Balaban J connectivity index is 2.72. The second-order valence-electron chi connectivity index (χ2n) is 2.73. The molecule has 0 fully saturated rings. The van der Waals surface area contributed by atoms with Gasteiger partial charge < -0.3 is 4.90 Å². The van der Waals surface area contributed by atoms with Crippen molar-refractivity contribution in [3.63, 3.8) is 0 Å². The zero-order valence-corrected chi connectivity index (χ0v) is 6.82. The summed E-state index contributed by atoms with van der Waals surface area (Å²) in [5.74, 6) is 0.109. The van der Waals surface area contributed by atoms with Crippen molar-refractivity contribution in [2.24, 2.45) is 4.99 Å². The highest BCUT2D eigenvalue weighted by atomic mass is 16.2. The molecule has 0 saturated carbocycles. The fourth-order valence-corrected chi connectivity index (χ4v) is 0.951. The second kappa shape index (κ2) is 3.32. The van der Waals surface area contributed by atoms with Crippen molar-refractivity contribution >= 4 is 12.1 Å². The predicted molar refractivity (Wildman–Crippen MR) is 44.2 cm³/mol. The smallest absolute Gasteiger partial charge is 0.232 e. The van der Waals surface area contributed by atoms with Crippen molar-refractivity contribution in [2.75, 3.05) is 0 Å². The van der Waals surface area contributed by atoms with Gasteiger partial charge in [0.25, 0.3) is 0 Å². The maximum atomic E-state index is 11.2. The third-order valence-corrected chi connectivity index (χ3v) is 1.53. The molecule has 0 aliphatic carbocycles. The van der Waals surface area contributed by atoms with Crippen molar-refractivity contribution in [1.29, 1.82) is 0 Å². The van der Waals surface area contributed by atoms with Crippen LogP contribution in [-0.4, -0.2) is 23.1 Å². The summed E-state index contributed by atoms with van der Waals surface area (Å²) in [6.45, 7) is 3.96. The van der Waals surface area contributed by atoms with E-state index in [4.69, 9.17) is 0 Å². The molecule has 0 aromatic carbocycles. The highest BCUT2D eigenvalue weighted by Gasteiger charge is 2.13. The first-order valence-corrected chi connectivity index (χ1v) is 3.71. The molecule has 1 aliphatic heterocycles. The standard InChI is InChI=1S/C8H12N2O/c1-7(2)10-6-5-9-4-3-8(10)11/h4-7H,3H2,1-2H3. The molecule has 3 nitrogen and oxygen atoms in total. The summed E-state index contributed by atoms with van der Waals surface area (Å²) in [6, 6.07) is 0.223. The van der Waals surface area contributed by atoms with Gasteiger partial charge in [0.05, 0.1) is 6.42 Å². The van der Waals surface area contributed by atoms with E-state index >= 15 is 0 Å². The first-order valence-electron chi connectivity index (χ1n) is 3.71. The summed E-state index contributed by atoms with van der Waals surface area (Å²) in [7, 11) is 0. The second-order valence-corrected chi connectivity index (χ2v) is 2.73. The minimum absolute atomic E-state index is 0.109. The number of hydrogen-bond acceptors (Lipinski definition) is 2. The molecule has 0 aromatic heterocycles. The molecular weight excluding hydrogens is 140 g/mol. The van der Waals surface area contributed by atoms with Gasteiger partial charge in [-0.1, -0.05) is 0 Å². The van der Waals surface area contributed by atoms with Crippen LogP contribution < -0.4 is 0 Å². The van der Waals surface area contributed by atoms with Gasteiger partial charge in [-0.2, -0.15) is 0 Å². The number of carbonyl (C=O) groups is 1. The summed E-state index contributed by atoms with van der Waals surface area (Å²) in [4.78, 5) is 16.8. The van der Waals surface area contributed by atoms with Crippen LogP contribution >= 0.6 is 0 Å². The Morgan fingerprint density at radius 1 is 1.64 bits per heavy atom. The summed E-state index contributed by atoms with van der Waals surface area (Å²) in [6.07, 6.45) is 5.40. The van der Waals surface area contributed by atoms with Crippen LogP contribution in [0, 0.1) is 0 Å². The normalized spacial score (nSPS) is 17.7. The van der Waals surface area contributed by atoms with Gasteiger partial charge in [-0.15, -0.1) is 0 Å². The van der Waals surface area contributed by atoms with Gasteiger partial charge in [0.15, 0.2) is 0 Å². The Bertz CT molecular complexity index is 206. The quantitative estimate of drug-likeness (QED) is 0.555. The molecule has 0 spiro atoms. The summed E-state index contributed by atoms with van der Waals surface area (Å²) in [5.41, 5.74) is 0. The first kappa shape index (κ1) is 7.98. The Labute approximate surface area is 66.4 Å². The molecule has 0 radical (unpaired) electrons. The van der Waals surface area contributed by atoms with Crippen LogP contribution in [0.15, 0.2) is 17.4 Å². The fourth-order valence-electron chi connectivity index (χ4n) is 0.951. The van der Waals surface area contributed by atoms with E-state index in [0.717, 1.165) is 0 Å². The van der Waals surface area contributed by atoms with E-state index in [1.165, 1.54) is 0 Å². The van der Waals surface area contributed by atoms with Gasteiger partial charge >= 0.3 is 0 Å². The van der Waals surface area contributed by atoms with Crippen LogP contribution in [-0.2, 0) is 4.79 Å². The van der Waals surface area contributed by atoms with E-state index in [-0.39, 0.29) is 11.9 Å². The predicted octanol–water partition coefficient (Wildman–Crippen LogP) is 1.17. The van der Waals surface area contributed by atoms with Gasteiger partial charge in [-0.05, 0) is 13.8 Å². The average molecular weight is 152 g/mol. The molecule has 0 aromatic rings. The van der Waals surface area contributed by atoms with Gasteiger partial charge in [-0.3, -0.25) is 9.79 Å². The molecule has 0 bridgehead atoms. The molecule has 1 amide bonds. The molecule has 1 aliphatic rings. The van der Waals surface area contributed by atoms with Crippen LogP contribution in [0.4, 0.5) is 0 Å². The third kappa shape index (κ3) is 1.90. The summed E-state index contributed by atoms with van der Waals surface area (Å²) in [5, 5.41) is 0. The van der Waals surface area contributed by atoms with E-state index in [1.807, 2.05) is 13.8 Å². The number of rotatable bonds is 1. The highest BCUT2D eigenvalue weighted by Crippen LogP contribution is 2.04. The SMILES string of the molecule is CC(C)N1C=CN=CCC1=O. The number of hydrogen-bond donors (Lipinski definition) is 0. The van der Waals surface area contributed by atoms with Crippen LogP contribution in [0.5, 0.6) is 0 Å². The lowest BCUT2D eigenvalue weighted by molar-refractivity contribution is -0.128. The van der Waals surface area contributed by atoms with Crippen molar-refractivity contribution in [3.8, 4) is 0 Å². The molecule has 1 rings (SSSR count). The van der Waals surface area contributed by atoms with Gasteiger partial charge in [0.2, 0.25) is 5.91 Å². The molecule has 0 unspecified atom stereocenters. The number of nitrogens with zero attached hydrogens (tertiary/aromatic N) is 2. The van der Waals surface area contributed by atoms with E-state index in [2.05, 4.69) is 4.99 Å². The van der Waals surface area contributed by atoms with Gasteiger partial charge in [0.1, 0.15) is 0 Å². The monoisotopic (exact) mass is 152 g/mol. The van der Waals surface area contributed by atoms with Gasteiger partial charge in [0, 0.05) is 24.7 Å². The molecule has 3 heteroatoms. The zero-order valence-electron chi connectivity index (χ0n) is 6.82. The number of carbonyl (C=O) groups excluding carboxylic acids is 1. The molecule has 0 N–H and O–H groups in total. The Kier molecular flexibility index (Phi) is 2.41. The van der Waals surface area contributed by atoms with E-state index in [1.54, 1.807) is 23.5 Å². The summed E-state index contributed by atoms with van der Waals surface area (Å²) >= 11 is 0. The van der Waals surface area contributed by atoms with Crippen LogP contribution in [0.25, 0.3) is 0 Å². The lowest BCUT2D eigenvalue weighted by Gasteiger charge is -2.20. The lowest BCUT2D eigenvalue weighted by Crippen LogP contribution is -2.31. The van der Waals surface area contributed by atoms with Crippen molar-refractivity contribution < 1.29 is 4.79 Å². The van der Waals surface area contributed by atoms with Crippen molar-refractivity contribution in [2.45, 2.75) is 26.3 Å². The van der Waals surface area contributed by atoms with E-state index in [0.29, 0.717) is 6.42 Å². The largest absolute Gasteiger partial charge is 0.315 e. The first-order chi connectivity index (χ1) is 5.22. The highest BCUT2D eigenvalue weighted by molar-refractivity contribution is 5.91. The Hall–Kier alpha value is -1.12. The molecule has 0 atom stereocenters. The lowest BCUT2D eigenvalue weighted by atomic mass is 10.3. The fraction of sp³-hybridized carbons (Fsp3) is 0.500. The molecule has 11 heavy (non-hydrogen) atoms. The topological polar surface area (TPSA) is 32.7 Å².